The maximum atomic E-state index is 12.6. The van der Waals surface area contributed by atoms with E-state index in [0.29, 0.717) is 6.20 Å². The number of aromatic nitrogens is 3. The number of ether oxygens (including phenoxy) is 1. The summed E-state index contributed by atoms with van der Waals surface area (Å²) in [5, 5.41) is -0.256. The largest absolute Gasteiger partial charge is 0.461 e. The molecule has 0 atom stereocenters. The summed E-state index contributed by atoms with van der Waals surface area (Å²) < 4.78 is 43.7. The Bertz CT molecular complexity index is 670. The summed E-state index contributed by atoms with van der Waals surface area (Å²) >= 11 is 5.82. The summed E-state index contributed by atoms with van der Waals surface area (Å²) in [4.78, 5) is 19.1. The van der Waals surface area contributed by atoms with Crippen molar-refractivity contribution in [2.75, 3.05) is 6.61 Å². The highest BCUT2D eigenvalue weighted by atomic mass is 35.5. The Balaban J connectivity index is 2.44. The normalized spacial score (nSPS) is 11.5. The van der Waals surface area contributed by atoms with Gasteiger partial charge in [0, 0.05) is 6.20 Å². The minimum atomic E-state index is -4.55. The minimum absolute atomic E-state index is 0.0195. The van der Waals surface area contributed by atoms with Gasteiger partial charge in [-0.2, -0.15) is 13.2 Å². The van der Waals surface area contributed by atoms with E-state index in [1.54, 1.807) is 6.92 Å². The highest BCUT2D eigenvalue weighted by molar-refractivity contribution is 6.32. The first-order chi connectivity index (χ1) is 9.84. The van der Waals surface area contributed by atoms with Gasteiger partial charge in [0.15, 0.2) is 11.5 Å². The SMILES string of the molecule is CCOC(=O)c1cncn1-c1ncc(C(F)(F)F)cc1Cl. The summed E-state index contributed by atoms with van der Waals surface area (Å²) in [5.41, 5.74) is -0.958. The van der Waals surface area contributed by atoms with E-state index in [1.165, 1.54) is 17.1 Å². The van der Waals surface area contributed by atoms with E-state index in [1.807, 2.05) is 0 Å². The second-order valence-electron chi connectivity index (χ2n) is 3.90. The molecule has 0 aromatic carbocycles. The van der Waals surface area contributed by atoms with E-state index >= 15 is 0 Å². The molecule has 0 fully saturated rings. The van der Waals surface area contributed by atoms with Crippen molar-refractivity contribution < 1.29 is 22.7 Å². The molecule has 0 aliphatic carbocycles. The lowest BCUT2D eigenvalue weighted by Crippen LogP contribution is -2.13. The molecule has 2 aromatic heterocycles. The van der Waals surface area contributed by atoms with Crippen molar-refractivity contribution in [2.24, 2.45) is 0 Å². The fourth-order valence-corrected chi connectivity index (χ4v) is 1.84. The van der Waals surface area contributed by atoms with Crippen molar-refractivity contribution >= 4 is 17.6 Å². The third-order valence-corrected chi connectivity index (χ3v) is 2.78. The molecule has 0 bridgehead atoms. The van der Waals surface area contributed by atoms with Crippen LogP contribution in [0.2, 0.25) is 5.02 Å². The highest BCUT2D eigenvalue weighted by Gasteiger charge is 2.32. The van der Waals surface area contributed by atoms with Gasteiger partial charge >= 0.3 is 12.1 Å². The first-order valence-corrected chi connectivity index (χ1v) is 6.15. The van der Waals surface area contributed by atoms with Crippen molar-refractivity contribution in [1.29, 1.82) is 0 Å². The Morgan fingerprint density at radius 3 is 2.71 bits per heavy atom. The quantitative estimate of drug-likeness (QED) is 0.816. The Morgan fingerprint density at radius 1 is 1.43 bits per heavy atom. The number of pyridine rings is 1. The molecule has 21 heavy (non-hydrogen) atoms. The van der Waals surface area contributed by atoms with Crippen molar-refractivity contribution in [3.63, 3.8) is 0 Å². The van der Waals surface area contributed by atoms with Gasteiger partial charge in [0.1, 0.15) is 6.33 Å². The molecule has 0 aliphatic heterocycles. The van der Waals surface area contributed by atoms with Crippen LogP contribution in [-0.2, 0) is 10.9 Å². The highest BCUT2D eigenvalue weighted by Crippen LogP contribution is 2.32. The standard InChI is InChI=1S/C12H9ClF3N3O2/c1-2-21-11(20)9-5-17-6-19(9)10-8(13)3-7(4-18-10)12(14,15)16/h3-6H,2H2,1H3. The van der Waals surface area contributed by atoms with E-state index in [0.717, 1.165) is 6.07 Å². The number of hydrogen-bond donors (Lipinski definition) is 0. The molecular weight excluding hydrogens is 311 g/mol. The molecule has 9 heteroatoms. The van der Waals surface area contributed by atoms with Gasteiger partial charge in [-0.05, 0) is 13.0 Å². The zero-order chi connectivity index (χ0) is 15.6. The van der Waals surface area contributed by atoms with Crippen molar-refractivity contribution in [3.05, 3.63) is 41.1 Å². The number of carbonyl (C=O) groups is 1. The summed E-state index contributed by atoms with van der Waals surface area (Å²) in [5.74, 6) is -0.710. The van der Waals surface area contributed by atoms with Crippen LogP contribution in [-0.4, -0.2) is 27.1 Å². The van der Waals surface area contributed by atoms with Crippen LogP contribution in [0.15, 0.2) is 24.8 Å². The average Bonchev–Trinajstić information content (AvgIpc) is 2.86. The molecule has 0 unspecified atom stereocenters. The van der Waals surface area contributed by atoms with Crippen LogP contribution >= 0.6 is 11.6 Å². The van der Waals surface area contributed by atoms with Crippen LogP contribution in [0.3, 0.4) is 0 Å². The average molecular weight is 320 g/mol. The van der Waals surface area contributed by atoms with Gasteiger partial charge in [0.25, 0.3) is 0 Å². The monoisotopic (exact) mass is 319 g/mol. The fraction of sp³-hybridized carbons (Fsp3) is 0.250. The van der Waals surface area contributed by atoms with Crippen LogP contribution < -0.4 is 0 Å². The Hall–Kier alpha value is -2.09. The topological polar surface area (TPSA) is 57.0 Å². The van der Waals surface area contributed by atoms with E-state index in [9.17, 15) is 18.0 Å². The molecule has 0 saturated carbocycles. The lowest BCUT2D eigenvalue weighted by molar-refractivity contribution is -0.137. The zero-order valence-electron chi connectivity index (χ0n) is 10.7. The predicted molar refractivity (Wildman–Crippen MR) is 67.3 cm³/mol. The number of esters is 1. The molecule has 112 valence electrons. The summed E-state index contributed by atoms with van der Waals surface area (Å²) in [6.45, 7) is 1.78. The maximum absolute atomic E-state index is 12.6. The molecule has 0 saturated heterocycles. The van der Waals surface area contributed by atoms with E-state index < -0.39 is 17.7 Å². The lowest BCUT2D eigenvalue weighted by Gasteiger charge is -2.11. The first-order valence-electron chi connectivity index (χ1n) is 5.77. The Labute approximate surface area is 122 Å². The van der Waals surface area contributed by atoms with Crippen molar-refractivity contribution in [2.45, 2.75) is 13.1 Å². The number of nitrogens with zero attached hydrogens (tertiary/aromatic N) is 3. The van der Waals surface area contributed by atoms with Crippen molar-refractivity contribution in [3.8, 4) is 5.82 Å². The fourth-order valence-electron chi connectivity index (χ4n) is 1.58. The first kappa shape index (κ1) is 15.3. The molecular formula is C12H9ClF3N3O2. The predicted octanol–water partition coefficient (Wildman–Crippen LogP) is 3.12. The molecule has 0 amide bonds. The smallest absolute Gasteiger partial charge is 0.417 e. The number of carbonyl (C=O) groups excluding carboxylic acids is 1. The second kappa shape index (κ2) is 5.72. The van der Waals surface area contributed by atoms with E-state index in [4.69, 9.17) is 16.3 Å². The molecule has 5 nitrogen and oxygen atoms in total. The van der Waals surface area contributed by atoms with Gasteiger partial charge < -0.3 is 4.74 Å². The molecule has 2 heterocycles. The molecule has 0 N–H and O–H groups in total. The number of alkyl halides is 3. The summed E-state index contributed by atoms with van der Waals surface area (Å²) in [7, 11) is 0. The van der Waals surface area contributed by atoms with Gasteiger partial charge in [0.05, 0.1) is 23.4 Å². The maximum Gasteiger partial charge on any atom is 0.417 e. The van der Waals surface area contributed by atoms with E-state index in [2.05, 4.69) is 9.97 Å². The number of rotatable bonds is 3. The van der Waals surface area contributed by atoms with Crippen LogP contribution in [0.25, 0.3) is 5.82 Å². The zero-order valence-corrected chi connectivity index (χ0v) is 11.4. The number of halogens is 4. The molecule has 2 aromatic rings. The van der Waals surface area contributed by atoms with Crippen molar-refractivity contribution in [1.82, 2.24) is 14.5 Å². The summed E-state index contributed by atoms with van der Waals surface area (Å²) in [6, 6.07) is 0.735. The third-order valence-electron chi connectivity index (χ3n) is 2.50. The Kier molecular flexibility index (Phi) is 4.17. The van der Waals surface area contributed by atoms with E-state index in [-0.39, 0.29) is 23.1 Å². The summed E-state index contributed by atoms with van der Waals surface area (Å²) in [6.07, 6.45) is -1.48. The third kappa shape index (κ3) is 3.15. The van der Waals surface area contributed by atoms with Gasteiger partial charge in [-0.25, -0.2) is 14.8 Å². The van der Waals surface area contributed by atoms with Gasteiger partial charge in [-0.15, -0.1) is 0 Å². The second-order valence-corrected chi connectivity index (χ2v) is 4.30. The van der Waals surface area contributed by atoms with Crippen LogP contribution in [0.4, 0.5) is 13.2 Å². The van der Waals surface area contributed by atoms with Gasteiger partial charge in [0.2, 0.25) is 0 Å². The Morgan fingerprint density at radius 2 is 2.14 bits per heavy atom. The van der Waals surface area contributed by atoms with Crippen LogP contribution in [0.1, 0.15) is 23.0 Å². The minimum Gasteiger partial charge on any atom is -0.461 e. The lowest BCUT2D eigenvalue weighted by atomic mass is 10.2. The molecule has 2 rings (SSSR count). The molecule has 0 radical (unpaired) electrons. The molecule has 0 aliphatic rings. The van der Waals surface area contributed by atoms with Crippen LogP contribution in [0.5, 0.6) is 0 Å². The van der Waals surface area contributed by atoms with Gasteiger partial charge in [-0.1, -0.05) is 11.6 Å². The number of hydrogen-bond acceptors (Lipinski definition) is 4. The van der Waals surface area contributed by atoms with Crippen LogP contribution in [0, 0.1) is 0 Å². The van der Waals surface area contributed by atoms with Gasteiger partial charge in [-0.3, -0.25) is 4.57 Å². The number of imidazole rings is 1. The molecule has 0 spiro atoms.